The van der Waals surface area contributed by atoms with Gasteiger partial charge in [-0.2, -0.15) is 27.0 Å². The number of carbonyl (C=O) groups is 6. The normalized spacial score (nSPS) is 24.3. The first kappa shape index (κ1) is 39.5. The van der Waals surface area contributed by atoms with Gasteiger partial charge in [0.05, 0.1) is 31.8 Å². The number of amides is 8. The molecule has 0 saturated carbocycles. The van der Waals surface area contributed by atoms with E-state index in [1.807, 2.05) is 4.90 Å². The van der Waals surface area contributed by atoms with Gasteiger partial charge in [-0.25, -0.2) is 9.59 Å². The lowest BCUT2D eigenvalue weighted by atomic mass is 10.0. The third-order valence-electron chi connectivity index (χ3n) is 8.73. The molecule has 0 radical (unpaired) electrons. The molecule has 53 heavy (non-hydrogen) atoms. The molecule has 292 valence electrons. The van der Waals surface area contributed by atoms with Crippen LogP contribution < -0.4 is 21.7 Å². The molecule has 26 heteroatoms. The summed E-state index contributed by atoms with van der Waals surface area (Å²) in [6.45, 7) is 2.58. The summed E-state index contributed by atoms with van der Waals surface area (Å²) in [5, 5.41) is 1.10. The predicted octanol–water partition coefficient (Wildman–Crippen LogP) is -3.08. The Bertz CT molecular complexity index is 1800. The van der Waals surface area contributed by atoms with Crippen LogP contribution in [-0.2, 0) is 48.5 Å². The smallest absolute Gasteiger partial charge is 0.379 e. The summed E-state index contributed by atoms with van der Waals surface area (Å²) in [5.41, 5.74) is 9.47. The summed E-state index contributed by atoms with van der Waals surface area (Å²) in [6, 6.07) is 3.59. The molecule has 5 heterocycles. The molecule has 1 aromatic carbocycles. The van der Waals surface area contributed by atoms with Crippen molar-refractivity contribution in [3.05, 3.63) is 35.9 Å². The van der Waals surface area contributed by atoms with E-state index >= 15 is 0 Å². The summed E-state index contributed by atoms with van der Waals surface area (Å²) in [5.74, 6) is -2.12. The fraction of sp³-hybridized carbons (Fsp3) is 0.556. The number of urea groups is 2. The predicted molar refractivity (Wildman–Crippen MR) is 172 cm³/mol. The minimum absolute atomic E-state index is 0.0685. The maximum absolute atomic E-state index is 12.3. The number of hydrogen-bond acceptors (Lipinski definition) is 14. The highest BCUT2D eigenvalue weighted by Crippen LogP contribution is 2.31. The van der Waals surface area contributed by atoms with E-state index in [-0.39, 0.29) is 32.5 Å². The minimum Gasteiger partial charge on any atom is -0.379 e. The number of fused-ring (bicyclic) bond motifs is 4. The summed E-state index contributed by atoms with van der Waals surface area (Å²) in [4.78, 5) is 77.1. The summed E-state index contributed by atoms with van der Waals surface area (Å²) >= 11 is 0. The monoisotopic (exact) mass is 791 g/mol. The molecular formula is C27H37N9O15S2. The molecule has 8 amide bonds. The topological polar surface area (TPSA) is 303 Å². The van der Waals surface area contributed by atoms with Gasteiger partial charge in [0.15, 0.2) is 0 Å². The zero-order chi connectivity index (χ0) is 38.5. The molecule has 0 unspecified atom stereocenters. The third kappa shape index (κ3) is 10.3. The Morgan fingerprint density at radius 2 is 1.19 bits per heavy atom. The fourth-order valence-corrected chi connectivity index (χ4v) is 7.06. The molecular weight excluding hydrogens is 754 g/mol. The first-order valence-corrected chi connectivity index (χ1v) is 18.8. The van der Waals surface area contributed by atoms with Gasteiger partial charge in [-0.15, -0.1) is 8.57 Å². The maximum atomic E-state index is 12.3. The largest absolute Gasteiger partial charge is 0.418 e. The first-order chi connectivity index (χ1) is 25.0. The van der Waals surface area contributed by atoms with Crippen LogP contribution >= 0.6 is 0 Å². The lowest BCUT2D eigenvalue weighted by molar-refractivity contribution is -0.132. The molecule has 1 aromatic rings. The number of nitrogens with one attached hydrogen (secondary N) is 4. The Kier molecular flexibility index (Phi) is 12.3. The van der Waals surface area contributed by atoms with Gasteiger partial charge in [-0.05, 0) is 37.8 Å². The van der Waals surface area contributed by atoms with E-state index in [0.29, 0.717) is 54.8 Å². The number of piperidine rings is 2. The Morgan fingerprint density at radius 1 is 0.717 bits per heavy atom. The van der Waals surface area contributed by atoms with Crippen LogP contribution in [0.3, 0.4) is 0 Å². The van der Waals surface area contributed by atoms with Gasteiger partial charge >= 0.3 is 32.9 Å². The summed E-state index contributed by atoms with van der Waals surface area (Å²) < 4.78 is 74.7. The number of nitrogens with zero attached hydrogens (tertiary/aromatic N) is 5. The number of rotatable bonds is 9. The van der Waals surface area contributed by atoms with E-state index in [1.54, 1.807) is 30.3 Å². The highest BCUT2D eigenvalue weighted by atomic mass is 32.3. The van der Waals surface area contributed by atoms with Crippen molar-refractivity contribution >= 4 is 56.5 Å². The molecule has 4 atom stereocenters. The van der Waals surface area contributed by atoms with Crippen LogP contribution in [0.2, 0.25) is 0 Å². The first-order valence-electron chi connectivity index (χ1n) is 16.1. The van der Waals surface area contributed by atoms with Crippen molar-refractivity contribution in [2.45, 2.75) is 49.9 Å². The van der Waals surface area contributed by atoms with Gasteiger partial charge in [0.25, 0.3) is 23.6 Å². The lowest BCUT2D eigenvalue weighted by Crippen LogP contribution is -2.55. The molecule has 5 aliphatic heterocycles. The third-order valence-corrected chi connectivity index (χ3v) is 9.43. The number of hydrazine groups is 2. The molecule has 0 aliphatic carbocycles. The molecule has 6 rings (SSSR count). The zero-order valence-corrected chi connectivity index (χ0v) is 29.4. The van der Waals surface area contributed by atoms with E-state index in [2.05, 4.69) is 30.3 Å². The van der Waals surface area contributed by atoms with Crippen LogP contribution in [0.25, 0.3) is 0 Å². The van der Waals surface area contributed by atoms with Crippen LogP contribution in [0, 0.1) is 0 Å². The zero-order valence-electron chi connectivity index (χ0n) is 27.7. The van der Waals surface area contributed by atoms with Crippen molar-refractivity contribution < 1.29 is 68.0 Å². The average molecular weight is 792 g/mol. The average Bonchev–Trinajstić information content (AvgIpc) is 3.48. The lowest BCUT2D eigenvalue weighted by Gasteiger charge is -2.29. The highest BCUT2D eigenvalue weighted by molar-refractivity contribution is 7.81. The Labute approximate surface area is 302 Å². The second kappa shape index (κ2) is 16.5. The van der Waals surface area contributed by atoms with Crippen LogP contribution in [0.15, 0.2) is 30.3 Å². The molecule has 5 saturated heterocycles. The van der Waals surface area contributed by atoms with E-state index < -0.39 is 80.7 Å². The fourth-order valence-electron chi connectivity index (χ4n) is 6.29. The quantitative estimate of drug-likeness (QED) is 0.107. The van der Waals surface area contributed by atoms with Crippen molar-refractivity contribution in [3.8, 4) is 0 Å². The summed E-state index contributed by atoms with van der Waals surface area (Å²) in [6.07, 6.45) is 1.10. The van der Waals surface area contributed by atoms with Gasteiger partial charge in [-0.1, -0.05) is 18.2 Å². The number of ether oxygens (including phenoxy) is 1. The van der Waals surface area contributed by atoms with Crippen LogP contribution in [0.4, 0.5) is 9.59 Å². The molecule has 0 spiro atoms. The SMILES string of the molecule is O=C(CN1CCOCC1)NNC(=O)[C@@H]1CC[C@@H]2CN1C(=O)N2OS(=O)(=O)O.O=C(NNC(=O)[C@@H]1CC[C@@H]2CN1C(=O)N2OS(=O)(=O)O)c1ccccc1. The number of hydrogen-bond donors (Lipinski definition) is 6. The second-order valence-electron chi connectivity index (χ2n) is 12.3. The van der Waals surface area contributed by atoms with Gasteiger partial charge in [-0.3, -0.25) is 54.9 Å². The van der Waals surface area contributed by atoms with Crippen molar-refractivity contribution in [3.63, 3.8) is 0 Å². The second-order valence-corrected chi connectivity index (χ2v) is 14.3. The van der Waals surface area contributed by atoms with Crippen LogP contribution in [0.5, 0.6) is 0 Å². The van der Waals surface area contributed by atoms with Crippen LogP contribution in [0.1, 0.15) is 36.0 Å². The molecule has 4 bridgehead atoms. The number of hydroxylamine groups is 4. The Balaban J connectivity index is 0.000000204. The van der Waals surface area contributed by atoms with E-state index in [1.165, 1.54) is 0 Å². The van der Waals surface area contributed by atoms with Crippen molar-refractivity contribution in [2.24, 2.45) is 0 Å². The maximum Gasteiger partial charge on any atom is 0.418 e. The molecule has 5 fully saturated rings. The number of benzene rings is 1. The minimum atomic E-state index is -4.85. The summed E-state index contributed by atoms with van der Waals surface area (Å²) in [7, 11) is -9.69. The Hall–Kier alpha value is -4.70. The van der Waals surface area contributed by atoms with E-state index in [9.17, 15) is 45.6 Å². The number of carbonyl (C=O) groups excluding carboxylic acids is 6. The molecule has 5 aliphatic rings. The van der Waals surface area contributed by atoms with Crippen molar-refractivity contribution in [1.29, 1.82) is 0 Å². The molecule has 6 N–H and O–H groups in total. The highest BCUT2D eigenvalue weighted by Gasteiger charge is 2.50. The standard InChI is InChI=1S/C14H16N4O7S.C13H21N5O8S/c19-12(9-4-2-1-3-5-9)15-16-13(20)11-7-6-10-8-17(11)14(21)18(10)25-26(22,23)24;19-11(8-16-3-5-25-6-4-16)14-15-12(20)10-2-1-9-7-17(10)13(21)18(9)26-27(22,23)24/h1-5,10-11H,6-8H2,(H,15,19)(H,16,20)(H,22,23,24);9-10H,1-8H2,(H,14,19)(H,15,20)(H,22,23,24)/t10-,11+;9-,10+/m11/s1. The number of morpholine rings is 1. The van der Waals surface area contributed by atoms with Crippen molar-refractivity contribution in [1.82, 2.24) is 46.5 Å². The molecule has 0 aromatic heterocycles. The molecule has 24 nitrogen and oxygen atoms in total. The van der Waals surface area contributed by atoms with Gasteiger partial charge in [0.2, 0.25) is 0 Å². The van der Waals surface area contributed by atoms with Gasteiger partial charge in [0.1, 0.15) is 12.1 Å². The van der Waals surface area contributed by atoms with E-state index in [0.717, 1.165) is 9.80 Å². The van der Waals surface area contributed by atoms with Gasteiger partial charge in [0, 0.05) is 31.7 Å². The van der Waals surface area contributed by atoms with Gasteiger partial charge < -0.3 is 14.5 Å². The van der Waals surface area contributed by atoms with Crippen molar-refractivity contribution in [2.75, 3.05) is 45.9 Å². The van der Waals surface area contributed by atoms with Crippen LogP contribution in [-0.4, -0.2) is 157 Å². The van der Waals surface area contributed by atoms with E-state index in [4.69, 9.17) is 13.8 Å². The Morgan fingerprint density at radius 3 is 1.66 bits per heavy atom.